The van der Waals surface area contributed by atoms with Crippen molar-refractivity contribution in [2.75, 3.05) is 13.6 Å². The van der Waals surface area contributed by atoms with Crippen molar-refractivity contribution in [1.29, 1.82) is 0 Å². The molecule has 0 bridgehead atoms. The molecule has 0 spiro atoms. The second-order valence-electron chi connectivity index (χ2n) is 3.79. The minimum atomic E-state index is -4.35. The highest BCUT2D eigenvalue weighted by Gasteiger charge is 2.33. The molecule has 0 atom stereocenters. The minimum absolute atomic E-state index is 0.176. The fraction of sp³-hybridized carbons (Fsp3) is 0.333. The Bertz CT molecular complexity index is 516. The van der Waals surface area contributed by atoms with E-state index >= 15 is 0 Å². The van der Waals surface area contributed by atoms with Gasteiger partial charge in [0.1, 0.15) is 5.58 Å². The average molecular weight is 243 g/mol. The molecule has 2 rings (SSSR count). The molecule has 0 saturated carbocycles. The highest BCUT2D eigenvalue weighted by atomic mass is 19.4. The molecular weight excluding hydrogens is 231 g/mol. The van der Waals surface area contributed by atoms with Crippen LogP contribution in [0.15, 0.2) is 28.9 Å². The third-order valence-electron chi connectivity index (χ3n) is 2.63. The van der Waals surface area contributed by atoms with E-state index in [-0.39, 0.29) is 11.0 Å². The molecule has 0 aliphatic carbocycles. The fourth-order valence-corrected chi connectivity index (χ4v) is 1.83. The van der Waals surface area contributed by atoms with E-state index in [4.69, 9.17) is 4.42 Å². The van der Waals surface area contributed by atoms with E-state index in [9.17, 15) is 13.2 Å². The number of hydrogen-bond acceptors (Lipinski definition) is 2. The van der Waals surface area contributed by atoms with Gasteiger partial charge < -0.3 is 9.73 Å². The van der Waals surface area contributed by atoms with Crippen molar-refractivity contribution in [3.63, 3.8) is 0 Å². The monoisotopic (exact) mass is 243 g/mol. The lowest BCUT2D eigenvalue weighted by atomic mass is 10.0. The maximum atomic E-state index is 12.8. The molecule has 1 aromatic carbocycles. The van der Waals surface area contributed by atoms with Crippen LogP contribution in [0.5, 0.6) is 0 Å². The quantitative estimate of drug-likeness (QED) is 0.895. The van der Waals surface area contributed by atoms with Crippen LogP contribution in [0.2, 0.25) is 0 Å². The molecule has 0 unspecified atom stereocenters. The van der Waals surface area contributed by atoms with Crippen LogP contribution < -0.4 is 5.32 Å². The Morgan fingerprint density at radius 1 is 1.29 bits per heavy atom. The number of rotatable bonds is 3. The van der Waals surface area contributed by atoms with Crippen LogP contribution in [0.1, 0.15) is 11.1 Å². The van der Waals surface area contributed by atoms with E-state index in [1.807, 2.05) is 0 Å². The second-order valence-corrected chi connectivity index (χ2v) is 3.79. The average Bonchev–Trinajstić information content (AvgIpc) is 2.68. The van der Waals surface area contributed by atoms with Gasteiger partial charge in [0.2, 0.25) is 0 Å². The summed E-state index contributed by atoms with van der Waals surface area (Å²) in [6.07, 6.45) is -2.44. The van der Waals surface area contributed by atoms with Gasteiger partial charge in [-0.05, 0) is 32.1 Å². The van der Waals surface area contributed by atoms with Gasteiger partial charge in [0, 0.05) is 10.9 Å². The maximum absolute atomic E-state index is 12.8. The first-order chi connectivity index (χ1) is 8.04. The van der Waals surface area contributed by atoms with Gasteiger partial charge in [-0.2, -0.15) is 13.2 Å². The normalized spacial score (nSPS) is 12.2. The van der Waals surface area contributed by atoms with E-state index in [0.29, 0.717) is 18.5 Å². The Morgan fingerprint density at radius 3 is 2.71 bits per heavy atom. The highest BCUT2D eigenvalue weighted by molar-refractivity contribution is 5.85. The summed E-state index contributed by atoms with van der Waals surface area (Å²) in [6, 6.07) is 3.99. The highest BCUT2D eigenvalue weighted by Crippen LogP contribution is 2.37. The Labute approximate surface area is 96.4 Å². The van der Waals surface area contributed by atoms with Crippen molar-refractivity contribution >= 4 is 11.0 Å². The van der Waals surface area contributed by atoms with Crippen molar-refractivity contribution in [3.05, 3.63) is 35.6 Å². The molecule has 0 amide bonds. The van der Waals surface area contributed by atoms with Crippen LogP contribution in [0.4, 0.5) is 13.2 Å². The van der Waals surface area contributed by atoms with Crippen molar-refractivity contribution in [2.45, 2.75) is 12.6 Å². The minimum Gasteiger partial charge on any atom is -0.464 e. The van der Waals surface area contributed by atoms with E-state index in [1.54, 1.807) is 13.1 Å². The van der Waals surface area contributed by atoms with Crippen LogP contribution in [-0.2, 0) is 12.6 Å². The SMILES string of the molecule is CNCCc1coc2cccc(C(F)(F)F)c12. The molecule has 0 radical (unpaired) electrons. The summed E-state index contributed by atoms with van der Waals surface area (Å²) < 4.78 is 43.7. The number of alkyl halides is 3. The Hall–Kier alpha value is -1.49. The van der Waals surface area contributed by atoms with Gasteiger partial charge in [-0.1, -0.05) is 6.07 Å². The lowest BCUT2D eigenvalue weighted by molar-refractivity contribution is -0.136. The van der Waals surface area contributed by atoms with Gasteiger partial charge >= 0.3 is 6.18 Å². The van der Waals surface area contributed by atoms with E-state index < -0.39 is 11.7 Å². The van der Waals surface area contributed by atoms with Crippen molar-refractivity contribution in [2.24, 2.45) is 0 Å². The predicted octanol–water partition coefficient (Wildman–Crippen LogP) is 3.21. The summed E-state index contributed by atoms with van der Waals surface area (Å²) in [4.78, 5) is 0. The number of halogens is 3. The zero-order valence-corrected chi connectivity index (χ0v) is 9.27. The fourth-order valence-electron chi connectivity index (χ4n) is 1.83. The molecule has 1 heterocycles. The largest absolute Gasteiger partial charge is 0.464 e. The van der Waals surface area contributed by atoms with E-state index in [1.165, 1.54) is 12.3 Å². The molecular formula is C12H12F3NO. The van der Waals surface area contributed by atoms with Gasteiger partial charge in [0.25, 0.3) is 0 Å². The summed E-state index contributed by atoms with van der Waals surface area (Å²) in [7, 11) is 1.76. The van der Waals surface area contributed by atoms with Gasteiger partial charge in [0.15, 0.2) is 0 Å². The summed E-state index contributed by atoms with van der Waals surface area (Å²) >= 11 is 0. The number of fused-ring (bicyclic) bond motifs is 1. The zero-order chi connectivity index (χ0) is 12.5. The smallest absolute Gasteiger partial charge is 0.417 e. The number of benzene rings is 1. The Balaban J connectivity index is 2.56. The van der Waals surface area contributed by atoms with Gasteiger partial charge in [0.05, 0.1) is 11.8 Å². The molecule has 0 aliphatic rings. The first-order valence-corrected chi connectivity index (χ1v) is 5.25. The number of likely N-dealkylation sites (N-methyl/N-ethyl adjacent to an activating group) is 1. The maximum Gasteiger partial charge on any atom is 0.417 e. The summed E-state index contributed by atoms with van der Waals surface area (Å²) in [5.41, 5.74) is 0.239. The van der Waals surface area contributed by atoms with Gasteiger partial charge in [-0.25, -0.2) is 0 Å². The first-order valence-electron chi connectivity index (χ1n) is 5.25. The van der Waals surface area contributed by atoms with Gasteiger partial charge in [-0.15, -0.1) is 0 Å². The van der Waals surface area contributed by atoms with Crippen LogP contribution in [0.25, 0.3) is 11.0 Å². The Kier molecular flexibility index (Phi) is 3.11. The third kappa shape index (κ3) is 2.29. The Morgan fingerprint density at radius 2 is 2.06 bits per heavy atom. The molecule has 17 heavy (non-hydrogen) atoms. The van der Waals surface area contributed by atoms with Crippen LogP contribution in [0, 0.1) is 0 Å². The standard InChI is InChI=1S/C12H12F3NO/c1-16-6-5-8-7-17-10-4-2-3-9(11(8)10)12(13,14)15/h2-4,7,16H,5-6H2,1H3. The third-order valence-corrected chi connectivity index (χ3v) is 2.63. The van der Waals surface area contributed by atoms with Gasteiger partial charge in [-0.3, -0.25) is 0 Å². The van der Waals surface area contributed by atoms with E-state index in [2.05, 4.69) is 5.32 Å². The molecule has 92 valence electrons. The molecule has 2 aromatic rings. The predicted molar refractivity (Wildman–Crippen MR) is 58.8 cm³/mol. The summed E-state index contributed by atoms with van der Waals surface area (Å²) in [6.45, 7) is 0.612. The van der Waals surface area contributed by atoms with Crippen LogP contribution >= 0.6 is 0 Å². The van der Waals surface area contributed by atoms with Crippen molar-refractivity contribution < 1.29 is 17.6 Å². The second kappa shape index (κ2) is 4.41. The van der Waals surface area contributed by atoms with Crippen molar-refractivity contribution in [1.82, 2.24) is 5.32 Å². The topological polar surface area (TPSA) is 25.2 Å². The number of furan rings is 1. The number of hydrogen-bond donors (Lipinski definition) is 1. The van der Waals surface area contributed by atoms with Crippen LogP contribution in [0.3, 0.4) is 0 Å². The van der Waals surface area contributed by atoms with Crippen molar-refractivity contribution in [3.8, 4) is 0 Å². The molecule has 1 aromatic heterocycles. The van der Waals surface area contributed by atoms with Crippen LogP contribution in [-0.4, -0.2) is 13.6 Å². The molecule has 2 nitrogen and oxygen atoms in total. The first kappa shape index (κ1) is 12.0. The lowest BCUT2D eigenvalue weighted by Gasteiger charge is -2.08. The summed E-state index contributed by atoms with van der Waals surface area (Å²) in [5.74, 6) is 0. The molecule has 0 aliphatic heterocycles. The zero-order valence-electron chi connectivity index (χ0n) is 9.27. The molecule has 1 N–H and O–H groups in total. The number of nitrogens with one attached hydrogen (secondary N) is 1. The summed E-state index contributed by atoms with van der Waals surface area (Å²) in [5, 5.41) is 3.08. The molecule has 0 fully saturated rings. The molecule has 5 heteroatoms. The lowest BCUT2D eigenvalue weighted by Crippen LogP contribution is -2.11. The van der Waals surface area contributed by atoms with E-state index in [0.717, 1.165) is 6.07 Å². The molecule has 0 saturated heterocycles.